The molecule has 2 nitrogen and oxygen atoms in total. The molecule has 1 aromatic rings. The minimum atomic E-state index is -2.20. The van der Waals surface area contributed by atoms with Gasteiger partial charge in [-0.2, -0.15) is 0 Å². The van der Waals surface area contributed by atoms with Gasteiger partial charge in [-0.05, 0) is 18.9 Å². The molecule has 2 N–H and O–H groups in total. The van der Waals surface area contributed by atoms with E-state index in [-0.39, 0.29) is 12.4 Å². The lowest BCUT2D eigenvalue weighted by atomic mass is 10.0. The van der Waals surface area contributed by atoms with E-state index in [1.165, 1.54) is 6.08 Å². The van der Waals surface area contributed by atoms with Crippen LogP contribution in [0.15, 0.2) is 11.8 Å². The molecule has 0 saturated heterocycles. The lowest BCUT2D eigenvalue weighted by molar-refractivity contribution is 0.173. The van der Waals surface area contributed by atoms with Crippen molar-refractivity contribution in [3.8, 4) is 0 Å². The molecule has 1 aliphatic heterocycles. The molecule has 19 heavy (non-hydrogen) atoms. The van der Waals surface area contributed by atoms with Crippen LogP contribution in [0.1, 0.15) is 24.4 Å². The maximum Gasteiger partial charge on any atom is 0.200 e. The van der Waals surface area contributed by atoms with Crippen LogP contribution < -0.4 is 5.73 Å². The molecule has 0 aromatic heterocycles. The van der Waals surface area contributed by atoms with E-state index in [4.69, 9.17) is 10.5 Å². The molecular formula is C12H10F5NO. The summed E-state index contributed by atoms with van der Waals surface area (Å²) in [5.74, 6) is -10.1. The van der Waals surface area contributed by atoms with Gasteiger partial charge < -0.3 is 10.5 Å². The minimum absolute atomic E-state index is 0.00876. The van der Waals surface area contributed by atoms with E-state index >= 15 is 0 Å². The summed E-state index contributed by atoms with van der Waals surface area (Å²) in [5, 5.41) is 0. The molecule has 1 atom stereocenters. The van der Waals surface area contributed by atoms with Crippen molar-refractivity contribution < 1.29 is 26.7 Å². The molecule has 1 aromatic carbocycles. The zero-order valence-corrected chi connectivity index (χ0v) is 9.65. The molecule has 104 valence electrons. The SMILES string of the molecule is NC(C1=CCCCO1)c1c(F)c(F)c(F)c(F)c1F. The third kappa shape index (κ3) is 2.30. The van der Waals surface area contributed by atoms with Gasteiger partial charge in [0.15, 0.2) is 23.3 Å². The van der Waals surface area contributed by atoms with Gasteiger partial charge in [-0.3, -0.25) is 0 Å². The van der Waals surface area contributed by atoms with E-state index in [0.29, 0.717) is 12.8 Å². The first-order chi connectivity index (χ1) is 8.95. The Balaban J connectivity index is 2.53. The van der Waals surface area contributed by atoms with Crippen molar-refractivity contribution >= 4 is 0 Å². The molecule has 0 spiro atoms. The van der Waals surface area contributed by atoms with Gasteiger partial charge in [0.25, 0.3) is 0 Å². The van der Waals surface area contributed by atoms with Crippen LogP contribution in [-0.4, -0.2) is 6.61 Å². The molecule has 1 unspecified atom stereocenters. The molecule has 1 aliphatic rings. The Kier molecular flexibility index (Phi) is 3.75. The predicted octanol–water partition coefficient (Wildman–Crippen LogP) is 3.08. The van der Waals surface area contributed by atoms with E-state index in [9.17, 15) is 22.0 Å². The second-order valence-corrected chi connectivity index (χ2v) is 4.06. The quantitative estimate of drug-likeness (QED) is 0.513. The van der Waals surface area contributed by atoms with Crippen LogP contribution >= 0.6 is 0 Å². The molecule has 0 saturated carbocycles. The summed E-state index contributed by atoms with van der Waals surface area (Å²) in [4.78, 5) is 0. The Bertz CT molecular complexity index is 514. The molecule has 2 rings (SSSR count). The largest absolute Gasteiger partial charge is 0.496 e. The van der Waals surface area contributed by atoms with Crippen molar-refractivity contribution in [2.24, 2.45) is 5.73 Å². The van der Waals surface area contributed by atoms with E-state index in [0.717, 1.165) is 0 Å². The average molecular weight is 279 g/mol. The summed E-state index contributed by atoms with van der Waals surface area (Å²) in [7, 11) is 0. The van der Waals surface area contributed by atoms with Gasteiger partial charge in [0.2, 0.25) is 5.82 Å². The van der Waals surface area contributed by atoms with Crippen molar-refractivity contribution in [3.63, 3.8) is 0 Å². The first kappa shape index (κ1) is 13.8. The van der Waals surface area contributed by atoms with Crippen molar-refractivity contribution in [3.05, 3.63) is 46.5 Å². The first-order valence-electron chi connectivity index (χ1n) is 5.55. The number of benzene rings is 1. The van der Waals surface area contributed by atoms with Gasteiger partial charge >= 0.3 is 0 Å². The zero-order valence-electron chi connectivity index (χ0n) is 9.65. The van der Waals surface area contributed by atoms with Gasteiger partial charge in [0.05, 0.1) is 18.2 Å². The van der Waals surface area contributed by atoms with E-state index < -0.39 is 40.7 Å². The Hall–Kier alpha value is -1.63. The summed E-state index contributed by atoms with van der Waals surface area (Å²) >= 11 is 0. The fourth-order valence-corrected chi connectivity index (χ4v) is 1.83. The summed E-state index contributed by atoms with van der Waals surface area (Å²) in [6, 6.07) is -1.52. The number of rotatable bonds is 2. The third-order valence-electron chi connectivity index (χ3n) is 2.82. The van der Waals surface area contributed by atoms with Crippen LogP contribution in [0.25, 0.3) is 0 Å². The zero-order chi connectivity index (χ0) is 14.2. The average Bonchev–Trinajstić information content (AvgIpc) is 2.44. The molecule has 7 heteroatoms. The van der Waals surface area contributed by atoms with Crippen LogP contribution in [0.4, 0.5) is 22.0 Å². The Labute approximate surface area is 105 Å². The Morgan fingerprint density at radius 3 is 1.95 bits per heavy atom. The lowest BCUT2D eigenvalue weighted by Crippen LogP contribution is -2.22. The summed E-state index contributed by atoms with van der Waals surface area (Å²) in [5.41, 5.74) is 4.45. The number of halogens is 5. The van der Waals surface area contributed by atoms with Crippen LogP contribution in [0.2, 0.25) is 0 Å². The monoisotopic (exact) mass is 279 g/mol. The van der Waals surface area contributed by atoms with Crippen LogP contribution in [0.3, 0.4) is 0 Å². The topological polar surface area (TPSA) is 35.2 Å². The van der Waals surface area contributed by atoms with E-state index in [1.54, 1.807) is 0 Å². The highest BCUT2D eigenvalue weighted by atomic mass is 19.2. The number of hydrogen-bond donors (Lipinski definition) is 1. The highest BCUT2D eigenvalue weighted by Crippen LogP contribution is 2.31. The van der Waals surface area contributed by atoms with Gasteiger partial charge in [-0.15, -0.1) is 0 Å². The van der Waals surface area contributed by atoms with E-state index in [2.05, 4.69) is 0 Å². The van der Waals surface area contributed by atoms with Gasteiger partial charge in [0.1, 0.15) is 5.76 Å². The van der Waals surface area contributed by atoms with Crippen LogP contribution in [-0.2, 0) is 4.74 Å². The fraction of sp³-hybridized carbons (Fsp3) is 0.333. The summed E-state index contributed by atoms with van der Waals surface area (Å²) in [6.07, 6.45) is 2.75. The Morgan fingerprint density at radius 1 is 0.947 bits per heavy atom. The second-order valence-electron chi connectivity index (χ2n) is 4.06. The highest BCUT2D eigenvalue weighted by molar-refractivity contribution is 5.31. The first-order valence-corrected chi connectivity index (χ1v) is 5.55. The smallest absolute Gasteiger partial charge is 0.200 e. The van der Waals surface area contributed by atoms with Crippen molar-refractivity contribution in [2.45, 2.75) is 18.9 Å². The second kappa shape index (κ2) is 5.16. The van der Waals surface area contributed by atoms with E-state index in [1.807, 2.05) is 0 Å². The maximum absolute atomic E-state index is 13.5. The maximum atomic E-state index is 13.5. The number of nitrogens with two attached hydrogens (primary N) is 1. The standard InChI is InChI=1S/C12H10F5NO/c13-7-6(8(14)10(16)11(17)9(7)15)12(18)5-3-1-2-4-19-5/h3,12H,1-2,4,18H2. The third-order valence-corrected chi connectivity index (χ3v) is 2.82. The normalized spacial score (nSPS) is 16.8. The Morgan fingerprint density at radius 2 is 1.47 bits per heavy atom. The molecular weight excluding hydrogens is 269 g/mol. The predicted molar refractivity (Wildman–Crippen MR) is 56.4 cm³/mol. The van der Waals surface area contributed by atoms with Crippen molar-refractivity contribution in [1.29, 1.82) is 0 Å². The molecule has 1 heterocycles. The minimum Gasteiger partial charge on any atom is -0.496 e. The van der Waals surface area contributed by atoms with Crippen molar-refractivity contribution in [1.82, 2.24) is 0 Å². The molecule has 0 aliphatic carbocycles. The van der Waals surface area contributed by atoms with Crippen LogP contribution in [0, 0.1) is 29.1 Å². The molecule has 0 amide bonds. The number of ether oxygens (including phenoxy) is 1. The number of allylic oxidation sites excluding steroid dienone is 1. The molecule has 0 radical (unpaired) electrons. The summed E-state index contributed by atoms with van der Waals surface area (Å²) < 4.78 is 71.1. The van der Waals surface area contributed by atoms with Gasteiger partial charge in [-0.25, -0.2) is 22.0 Å². The fourth-order valence-electron chi connectivity index (χ4n) is 1.83. The molecule has 0 fully saturated rings. The van der Waals surface area contributed by atoms with Gasteiger partial charge in [0, 0.05) is 0 Å². The molecule has 0 bridgehead atoms. The lowest BCUT2D eigenvalue weighted by Gasteiger charge is -2.22. The number of hydrogen-bond acceptors (Lipinski definition) is 2. The van der Waals surface area contributed by atoms with Crippen molar-refractivity contribution in [2.75, 3.05) is 6.61 Å². The summed E-state index contributed by atoms with van der Waals surface area (Å²) in [6.45, 7) is 0.287. The highest BCUT2D eigenvalue weighted by Gasteiger charge is 2.31. The van der Waals surface area contributed by atoms with Gasteiger partial charge in [-0.1, -0.05) is 0 Å². The van der Waals surface area contributed by atoms with Crippen LogP contribution in [0.5, 0.6) is 0 Å².